The second-order valence-corrected chi connectivity index (χ2v) is 7.54. The molecule has 10 heteroatoms. The molecule has 0 radical (unpaired) electrons. The number of nitrogens with one attached hydrogen (secondary N) is 1. The molecular formula is C17H11BrF3N2O3P. The number of nitrogens with zero attached hydrogens (tertiary/aromatic N) is 1. The third kappa shape index (κ3) is 4.11. The van der Waals surface area contributed by atoms with Crippen molar-refractivity contribution in [1.29, 1.82) is 0 Å². The second-order valence-electron chi connectivity index (χ2n) is 5.54. The van der Waals surface area contributed by atoms with Gasteiger partial charge in [0.05, 0.1) is 0 Å². The molecule has 0 aliphatic heterocycles. The van der Waals surface area contributed by atoms with Crippen LogP contribution >= 0.6 is 24.3 Å². The third-order valence-electron chi connectivity index (χ3n) is 3.70. The molecule has 140 valence electrons. The fraction of sp³-hybridized carbons (Fsp3) is 0.0588. The van der Waals surface area contributed by atoms with Crippen molar-refractivity contribution in [2.75, 3.05) is 5.32 Å². The van der Waals surface area contributed by atoms with Crippen LogP contribution in [-0.4, -0.2) is 20.7 Å². The lowest BCUT2D eigenvalue weighted by molar-refractivity contribution is 0.0726. The summed E-state index contributed by atoms with van der Waals surface area (Å²) in [6.07, 6.45) is 1.32. The summed E-state index contributed by atoms with van der Waals surface area (Å²) in [6.45, 7) is 0. The normalized spacial score (nSPS) is 11.8. The standard InChI is InChI=1S/C17H11BrF3N2O3P/c18-14-5-10-8-22-15(16(24)23-12-3-1-2-11(19)7-12)6-9(10)4-13(14)17(20,21)27(25)26/h1-8,25-26H,(H,23,24). The van der Waals surface area contributed by atoms with E-state index in [0.717, 1.165) is 12.1 Å². The van der Waals surface area contributed by atoms with Gasteiger partial charge in [-0.05, 0) is 41.8 Å². The molecule has 0 unspecified atom stereocenters. The number of halogens is 4. The van der Waals surface area contributed by atoms with Gasteiger partial charge in [-0.2, -0.15) is 8.78 Å². The van der Waals surface area contributed by atoms with Crippen LogP contribution in [0.1, 0.15) is 16.1 Å². The van der Waals surface area contributed by atoms with E-state index in [1.54, 1.807) is 0 Å². The molecule has 1 heterocycles. The zero-order chi connectivity index (χ0) is 19.8. The van der Waals surface area contributed by atoms with Crippen LogP contribution in [0.2, 0.25) is 0 Å². The SMILES string of the molecule is O=C(Nc1cccc(F)c1)c1cc2cc(C(F)(F)P(O)O)c(Br)cc2cn1. The summed E-state index contributed by atoms with van der Waals surface area (Å²) >= 11 is 2.99. The quantitative estimate of drug-likeness (QED) is 0.493. The first kappa shape index (κ1) is 19.7. The van der Waals surface area contributed by atoms with Gasteiger partial charge in [0.2, 0.25) is 8.38 Å². The summed E-state index contributed by atoms with van der Waals surface area (Å²) in [5.74, 6) is -1.18. The van der Waals surface area contributed by atoms with Crippen molar-refractivity contribution in [2.24, 2.45) is 0 Å². The van der Waals surface area contributed by atoms with E-state index in [0.29, 0.717) is 5.39 Å². The van der Waals surface area contributed by atoms with Crippen molar-refractivity contribution in [3.05, 3.63) is 70.2 Å². The van der Waals surface area contributed by atoms with Gasteiger partial charge in [0.25, 0.3) is 5.91 Å². The van der Waals surface area contributed by atoms with Gasteiger partial charge in [0.15, 0.2) is 0 Å². The molecule has 3 rings (SSSR count). The van der Waals surface area contributed by atoms with Crippen molar-refractivity contribution in [3.63, 3.8) is 0 Å². The van der Waals surface area contributed by atoms with Gasteiger partial charge in [-0.15, -0.1) is 0 Å². The van der Waals surface area contributed by atoms with Gasteiger partial charge in [0.1, 0.15) is 11.5 Å². The summed E-state index contributed by atoms with van der Waals surface area (Å²) in [5, 5.41) is 3.18. The number of rotatable bonds is 4. The lowest BCUT2D eigenvalue weighted by Crippen LogP contribution is -2.14. The number of aromatic nitrogens is 1. The number of benzene rings is 2. The molecule has 1 aromatic heterocycles. The van der Waals surface area contributed by atoms with Crippen LogP contribution in [-0.2, 0) is 5.66 Å². The summed E-state index contributed by atoms with van der Waals surface area (Å²) in [7, 11) is -3.54. The lowest BCUT2D eigenvalue weighted by Gasteiger charge is -2.19. The Labute approximate surface area is 160 Å². The first-order chi connectivity index (χ1) is 12.7. The Kier molecular flexibility index (Phi) is 5.48. The number of hydrogen-bond donors (Lipinski definition) is 3. The van der Waals surface area contributed by atoms with Crippen LogP contribution in [0.25, 0.3) is 10.8 Å². The number of alkyl halides is 2. The van der Waals surface area contributed by atoms with Crippen molar-refractivity contribution in [3.8, 4) is 0 Å². The number of fused-ring (bicyclic) bond motifs is 1. The summed E-state index contributed by atoms with van der Waals surface area (Å²) in [6, 6.07) is 8.95. The van der Waals surface area contributed by atoms with Crippen LogP contribution in [0.3, 0.4) is 0 Å². The van der Waals surface area contributed by atoms with Crippen LogP contribution in [0.5, 0.6) is 0 Å². The van der Waals surface area contributed by atoms with Crippen molar-refractivity contribution in [2.45, 2.75) is 5.66 Å². The molecular weight excluding hydrogens is 448 g/mol. The van der Waals surface area contributed by atoms with Gasteiger partial charge in [-0.25, -0.2) is 4.39 Å². The third-order valence-corrected chi connectivity index (χ3v) is 5.10. The molecule has 0 aliphatic rings. The Bertz CT molecular complexity index is 1030. The number of anilines is 1. The minimum Gasteiger partial charge on any atom is -0.346 e. The van der Waals surface area contributed by atoms with E-state index in [9.17, 15) is 18.0 Å². The fourth-order valence-electron chi connectivity index (χ4n) is 2.39. The molecule has 2 aromatic carbocycles. The molecule has 1 amide bonds. The van der Waals surface area contributed by atoms with E-state index in [-0.39, 0.29) is 21.2 Å². The first-order valence-electron chi connectivity index (χ1n) is 7.41. The van der Waals surface area contributed by atoms with Crippen molar-refractivity contribution >= 4 is 46.7 Å². The highest BCUT2D eigenvalue weighted by Gasteiger charge is 2.42. The molecule has 0 saturated heterocycles. The average Bonchev–Trinajstić information content (AvgIpc) is 2.60. The van der Waals surface area contributed by atoms with E-state index in [1.807, 2.05) is 0 Å². The Morgan fingerprint density at radius 1 is 1.15 bits per heavy atom. The van der Waals surface area contributed by atoms with Crippen LogP contribution in [0, 0.1) is 5.82 Å². The molecule has 0 bridgehead atoms. The summed E-state index contributed by atoms with van der Waals surface area (Å²) < 4.78 is 41.2. The zero-order valence-corrected chi connectivity index (χ0v) is 15.8. The highest BCUT2D eigenvalue weighted by Crippen LogP contribution is 2.54. The fourth-order valence-corrected chi connectivity index (χ4v) is 3.55. The molecule has 5 nitrogen and oxygen atoms in total. The highest BCUT2D eigenvalue weighted by atomic mass is 79.9. The number of carbonyl (C=O) groups excluding carboxylic acids is 1. The molecule has 27 heavy (non-hydrogen) atoms. The topological polar surface area (TPSA) is 82.5 Å². The maximum Gasteiger partial charge on any atom is 0.340 e. The summed E-state index contributed by atoms with van der Waals surface area (Å²) in [4.78, 5) is 34.3. The lowest BCUT2D eigenvalue weighted by atomic mass is 10.1. The Morgan fingerprint density at radius 3 is 2.56 bits per heavy atom. The van der Waals surface area contributed by atoms with Crippen LogP contribution in [0.15, 0.2) is 53.1 Å². The van der Waals surface area contributed by atoms with Crippen LogP contribution in [0.4, 0.5) is 18.9 Å². The minimum atomic E-state index is -3.85. The van der Waals surface area contributed by atoms with Gasteiger partial charge >= 0.3 is 5.66 Å². The molecule has 0 spiro atoms. The Hall–Kier alpha value is -2.06. The molecule has 0 saturated carbocycles. The maximum absolute atomic E-state index is 14.0. The van der Waals surface area contributed by atoms with Gasteiger partial charge in [-0.1, -0.05) is 22.0 Å². The van der Waals surface area contributed by atoms with Crippen molar-refractivity contribution < 1.29 is 27.8 Å². The Morgan fingerprint density at radius 2 is 1.89 bits per heavy atom. The van der Waals surface area contributed by atoms with Crippen molar-refractivity contribution in [1.82, 2.24) is 4.98 Å². The predicted molar refractivity (Wildman–Crippen MR) is 99.0 cm³/mol. The maximum atomic E-state index is 14.0. The molecule has 3 aromatic rings. The van der Waals surface area contributed by atoms with Crippen LogP contribution < -0.4 is 5.32 Å². The van der Waals surface area contributed by atoms with E-state index in [4.69, 9.17) is 9.79 Å². The minimum absolute atomic E-state index is 0.0191. The Balaban J connectivity index is 1.98. The molecule has 0 fully saturated rings. The van der Waals surface area contributed by atoms with E-state index >= 15 is 0 Å². The van der Waals surface area contributed by atoms with E-state index in [2.05, 4.69) is 26.2 Å². The monoisotopic (exact) mass is 458 g/mol. The van der Waals surface area contributed by atoms with E-state index in [1.165, 1.54) is 36.5 Å². The highest BCUT2D eigenvalue weighted by molar-refractivity contribution is 9.10. The number of pyridine rings is 1. The molecule has 0 aliphatic carbocycles. The van der Waals surface area contributed by atoms with Gasteiger partial charge in [-0.3, -0.25) is 9.78 Å². The number of carbonyl (C=O) groups is 1. The van der Waals surface area contributed by atoms with E-state index < -0.39 is 31.3 Å². The predicted octanol–water partition coefficient (Wildman–Crippen LogP) is 4.73. The molecule has 3 N–H and O–H groups in total. The number of amides is 1. The first-order valence-corrected chi connectivity index (χ1v) is 9.45. The zero-order valence-electron chi connectivity index (χ0n) is 13.3. The average molecular weight is 459 g/mol. The van der Waals surface area contributed by atoms with Gasteiger partial charge < -0.3 is 15.1 Å². The second kappa shape index (κ2) is 7.52. The van der Waals surface area contributed by atoms with Gasteiger partial charge in [0, 0.05) is 27.3 Å². The largest absolute Gasteiger partial charge is 0.346 e. The summed E-state index contributed by atoms with van der Waals surface area (Å²) in [5.41, 5.74) is -4.32. The number of hydrogen-bond acceptors (Lipinski definition) is 4. The molecule has 0 atom stereocenters. The smallest absolute Gasteiger partial charge is 0.340 e.